The van der Waals surface area contributed by atoms with Crippen molar-refractivity contribution in [3.63, 3.8) is 0 Å². The van der Waals surface area contributed by atoms with E-state index in [9.17, 15) is 23.3 Å². The van der Waals surface area contributed by atoms with E-state index in [-0.39, 0.29) is 48.2 Å². The second kappa shape index (κ2) is 8.29. The van der Waals surface area contributed by atoms with Gasteiger partial charge in [-0.3, -0.25) is 14.9 Å². The van der Waals surface area contributed by atoms with Gasteiger partial charge in [-0.25, -0.2) is 8.42 Å². The van der Waals surface area contributed by atoms with Gasteiger partial charge in [-0.2, -0.15) is 4.31 Å². The molecule has 1 heterocycles. The maximum absolute atomic E-state index is 12.7. The van der Waals surface area contributed by atoms with Crippen LogP contribution in [0.25, 0.3) is 0 Å². The highest BCUT2D eigenvalue weighted by Crippen LogP contribution is 2.29. The lowest BCUT2D eigenvalue weighted by Crippen LogP contribution is -2.50. The number of hydrogen-bond donors (Lipinski definition) is 0. The molecule has 148 valence electrons. The zero-order chi connectivity index (χ0) is 20.3. The molecule has 0 atom stereocenters. The average Bonchev–Trinajstić information content (AvgIpc) is 2.73. The molecule has 2 aromatic rings. The number of rotatable bonds is 5. The summed E-state index contributed by atoms with van der Waals surface area (Å²) in [6, 6.07) is 12.6. The number of nitrogens with zero attached hydrogens (tertiary/aromatic N) is 3. The van der Waals surface area contributed by atoms with Crippen molar-refractivity contribution in [1.29, 1.82) is 0 Å². The van der Waals surface area contributed by atoms with Crippen LogP contribution in [0.15, 0.2) is 58.3 Å². The van der Waals surface area contributed by atoms with Crippen molar-refractivity contribution in [1.82, 2.24) is 9.21 Å². The maximum Gasteiger partial charge on any atom is 0.283 e. The summed E-state index contributed by atoms with van der Waals surface area (Å²) in [5.41, 5.74) is 0.118. The third-order valence-corrected chi connectivity index (χ3v) is 7.23. The van der Waals surface area contributed by atoms with Crippen LogP contribution in [0.2, 0.25) is 0 Å². The van der Waals surface area contributed by atoms with Crippen LogP contribution in [-0.2, 0) is 10.0 Å². The second-order valence-corrected chi connectivity index (χ2v) is 8.94. The number of nitro groups is 1. The van der Waals surface area contributed by atoms with Crippen molar-refractivity contribution in [2.75, 3.05) is 32.4 Å². The van der Waals surface area contributed by atoms with Crippen LogP contribution in [0, 0.1) is 10.1 Å². The summed E-state index contributed by atoms with van der Waals surface area (Å²) in [6.45, 7) is 0.799. The van der Waals surface area contributed by atoms with Gasteiger partial charge >= 0.3 is 0 Å². The van der Waals surface area contributed by atoms with Gasteiger partial charge < -0.3 is 4.90 Å². The molecule has 1 aliphatic rings. The Kier molecular flexibility index (Phi) is 6.01. The Morgan fingerprint density at radius 1 is 1.07 bits per heavy atom. The molecule has 1 aliphatic heterocycles. The largest absolute Gasteiger partial charge is 0.336 e. The molecule has 1 saturated heterocycles. The summed E-state index contributed by atoms with van der Waals surface area (Å²) in [5.74, 6) is -0.340. The van der Waals surface area contributed by atoms with Gasteiger partial charge in [-0.15, -0.1) is 11.8 Å². The summed E-state index contributed by atoms with van der Waals surface area (Å²) in [5, 5.41) is 11.2. The van der Waals surface area contributed by atoms with Crippen molar-refractivity contribution < 1.29 is 18.1 Å². The molecule has 10 heteroatoms. The summed E-state index contributed by atoms with van der Waals surface area (Å²) >= 11 is 1.24. The third kappa shape index (κ3) is 4.03. The van der Waals surface area contributed by atoms with Crippen LogP contribution in [0.3, 0.4) is 0 Å². The van der Waals surface area contributed by atoms with E-state index >= 15 is 0 Å². The van der Waals surface area contributed by atoms with Gasteiger partial charge in [-0.05, 0) is 30.5 Å². The minimum absolute atomic E-state index is 0.108. The van der Waals surface area contributed by atoms with E-state index in [2.05, 4.69) is 0 Å². The monoisotopic (exact) mass is 421 g/mol. The van der Waals surface area contributed by atoms with E-state index in [1.807, 2.05) is 0 Å². The first-order chi connectivity index (χ1) is 13.3. The fourth-order valence-electron chi connectivity index (χ4n) is 3.02. The maximum atomic E-state index is 12.7. The molecular formula is C18H19N3O5S2. The summed E-state index contributed by atoms with van der Waals surface area (Å²) in [6.07, 6.45) is 1.73. The van der Waals surface area contributed by atoms with Crippen molar-refractivity contribution >= 4 is 33.4 Å². The van der Waals surface area contributed by atoms with Crippen molar-refractivity contribution in [3.05, 3.63) is 64.2 Å². The molecule has 0 N–H and O–H groups in total. The molecule has 0 spiro atoms. The third-order valence-electron chi connectivity index (χ3n) is 4.53. The number of carbonyl (C=O) groups is 1. The Hall–Kier alpha value is -2.43. The number of benzene rings is 2. The van der Waals surface area contributed by atoms with E-state index in [1.165, 1.54) is 27.0 Å². The summed E-state index contributed by atoms with van der Waals surface area (Å²) in [7, 11) is -3.60. The van der Waals surface area contributed by atoms with E-state index in [4.69, 9.17) is 0 Å². The van der Waals surface area contributed by atoms with Gasteiger partial charge in [0, 0.05) is 37.8 Å². The lowest BCUT2D eigenvalue weighted by molar-refractivity contribution is -0.387. The second-order valence-electron chi connectivity index (χ2n) is 6.15. The minimum Gasteiger partial charge on any atom is -0.336 e. The van der Waals surface area contributed by atoms with Gasteiger partial charge in [0.1, 0.15) is 0 Å². The first kappa shape index (κ1) is 20.3. The summed E-state index contributed by atoms with van der Waals surface area (Å²) < 4.78 is 26.7. The predicted molar refractivity (Wildman–Crippen MR) is 106 cm³/mol. The average molecular weight is 422 g/mol. The number of nitro benzene ring substituents is 1. The van der Waals surface area contributed by atoms with Crippen LogP contribution in [0.4, 0.5) is 5.69 Å². The molecule has 8 nitrogen and oxygen atoms in total. The van der Waals surface area contributed by atoms with Crippen LogP contribution >= 0.6 is 11.8 Å². The number of thioether (sulfide) groups is 1. The zero-order valence-electron chi connectivity index (χ0n) is 15.1. The minimum atomic E-state index is -3.60. The number of sulfonamides is 1. The van der Waals surface area contributed by atoms with E-state index in [0.29, 0.717) is 4.90 Å². The fraction of sp³-hybridized carbons (Fsp3) is 0.278. The molecule has 0 aliphatic carbocycles. The van der Waals surface area contributed by atoms with Crippen molar-refractivity contribution in [2.24, 2.45) is 0 Å². The van der Waals surface area contributed by atoms with Gasteiger partial charge in [0.25, 0.3) is 11.6 Å². The molecule has 0 bridgehead atoms. The standard InChI is InChI=1S/C18H19N3O5S2/c1-27-17-8-7-14(13-16(17)21(23)24)18(22)19-9-11-20(12-10-19)28(25,26)15-5-3-2-4-6-15/h2-8,13H,9-12H2,1H3. The van der Waals surface area contributed by atoms with Gasteiger partial charge in [0.05, 0.1) is 14.7 Å². The van der Waals surface area contributed by atoms with Crippen LogP contribution in [-0.4, -0.2) is 60.9 Å². The number of carbonyl (C=O) groups excluding carboxylic acids is 1. The highest BCUT2D eigenvalue weighted by atomic mass is 32.2. The lowest BCUT2D eigenvalue weighted by atomic mass is 10.1. The Morgan fingerprint density at radius 2 is 1.71 bits per heavy atom. The molecule has 1 fully saturated rings. The van der Waals surface area contributed by atoms with E-state index < -0.39 is 14.9 Å². The molecule has 1 amide bonds. The van der Waals surface area contributed by atoms with Gasteiger partial charge in [0.15, 0.2) is 0 Å². The molecular weight excluding hydrogens is 402 g/mol. The van der Waals surface area contributed by atoms with E-state index in [1.54, 1.807) is 48.7 Å². The molecule has 0 saturated carbocycles. The van der Waals surface area contributed by atoms with E-state index in [0.717, 1.165) is 0 Å². The molecule has 0 radical (unpaired) electrons. The predicted octanol–water partition coefficient (Wildman–Crippen LogP) is 2.46. The Balaban J connectivity index is 1.72. The Morgan fingerprint density at radius 3 is 2.29 bits per heavy atom. The zero-order valence-corrected chi connectivity index (χ0v) is 16.8. The quantitative estimate of drug-likeness (QED) is 0.418. The number of piperazine rings is 1. The number of hydrogen-bond acceptors (Lipinski definition) is 6. The van der Waals surface area contributed by atoms with Crippen molar-refractivity contribution in [3.8, 4) is 0 Å². The highest BCUT2D eigenvalue weighted by Gasteiger charge is 2.30. The SMILES string of the molecule is CSc1ccc(C(=O)N2CCN(S(=O)(=O)c3ccccc3)CC2)cc1[N+](=O)[O-]. The molecule has 3 rings (SSSR count). The first-order valence-electron chi connectivity index (χ1n) is 8.51. The molecule has 0 aromatic heterocycles. The summed E-state index contributed by atoms with van der Waals surface area (Å²) in [4.78, 5) is 25.7. The molecule has 0 unspecified atom stereocenters. The number of amides is 1. The lowest BCUT2D eigenvalue weighted by Gasteiger charge is -2.34. The van der Waals surface area contributed by atoms with Gasteiger partial charge in [-0.1, -0.05) is 18.2 Å². The van der Waals surface area contributed by atoms with Crippen LogP contribution in [0.5, 0.6) is 0 Å². The van der Waals surface area contributed by atoms with Crippen LogP contribution < -0.4 is 0 Å². The first-order valence-corrected chi connectivity index (χ1v) is 11.2. The normalized spacial score (nSPS) is 15.4. The van der Waals surface area contributed by atoms with Crippen molar-refractivity contribution in [2.45, 2.75) is 9.79 Å². The topological polar surface area (TPSA) is 101 Å². The molecule has 28 heavy (non-hydrogen) atoms. The molecule has 2 aromatic carbocycles. The highest BCUT2D eigenvalue weighted by molar-refractivity contribution is 7.98. The van der Waals surface area contributed by atoms with Gasteiger partial charge in [0.2, 0.25) is 10.0 Å². The fourth-order valence-corrected chi connectivity index (χ4v) is 5.01. The smallest absolute Gasteiger partial charge is 0.283 e. The Bertz CT molecular complexity index is 988. The van der Waals surface area contributed by atoms with Crippen LogP contribution in [0.1, 0.15) is 10.4 Å². The Labute approximate surface area is 167 Å².